The Bertz CT molecular complexity index is 1280. The first-order valence-electron chi connectivity index (χ1n) is 12.9. The van der Waals surface area contributed by atoms with Gasteiger partial charge in [-0.15, -0.1) is 11.3 Å². The molecule has 0 aliphatic rings. The summed E-state index contributed by atoms with van der Waals surface area (Å²) in [6.07, 6.45) is 1.06. The van der Waals surface area contributed by atoms with E-state index in [1.807, 2.05) is 49.6 Å². The second-order valence-corrected chi connectivity index (χ2v) is 12.0. The van der Waals surface area contributed by atoms with Gasteiger partial charge < -0.3 is 19.1 Å². The summed E-state index contributed by atoms with van der Waals surface area (Å²) in [7, 11) is -0.704. The fraction of sp³-hybridized carbons (Fsp3) is 0.414. The van der Waals surface area contributed by atoms with Crippen molar-refractivity contribution in [2.45, 2.75) is 38.1 Å². The van der Waals surface area contributed by atoms with Crippen LogP contribution in [0, 0.1) is 6.92 Å². The van der Waals surface area contributed by atoms with Crippen molar-refractivity contribution < 1.29 is 27.4 Å². The molecule has 10 heteroatoms. The van der Waals surface area contributed by atoms with Crippen molar-refractivity contribution in [3.63, 3.8) is 0 Å². The van der Waals surface area contributed by atoms with Crippen LogP contribution in [0.15, 0.2) is 64.9 Å². The Hall–Kier alpha value is -2.92. The normalized spacial score (nSPS) is 11.5. The monoisotopic (exact) mass is 574 g/mol. The molecule has 0 saturated heterocycles. The molecule has 0 bridgehead atoms. The predicted molar refractivity (Wildman–Crippen MR) is 154 cm³/mol. The fourth-order valence-corrected chi connectivity index (χ4v) is 6.21. The first-order chi connectivity index (χ1) is 18.8. The maximum atomic E-state index is 13.7. The van der Waals surface area contributed by atoms with E-state index in [9.17, 15) is 13.2 Å². The molecule has 3 aromatic rings. The third-order valence-corrected chi connectivity index (χ3v) is 8.99. The van der Waals surface area contributed by atoms with Crippen molar-refractivity contribution >= 4 is 27.3 Å². The van der Waals surface area contributed by atoms with Crippen molar-refractivity contribution in [1.29, 1.82) is 0 Å². The van der Waals surface area contributed by atoms with Crippen LogP contribution in [0.3, 0.4) is 0 Å². The van der Waals surface area contributed by atoms with Crippen LogP contribution in [0.2, 0.25) is 0 Å². The first-order valence-corrected chi connectivity index (χ1v) is 15.3. The molecule has 0 N–H and O–H groups in total. The zero-order valence-corrected chi connectivity index (χ0v) is 24.7. The van der Waals surface area contributed by atoms with Gasteiger partial charge in [-0.25, -0.2) is 8.42 Å². The number of hydrogen-bond acceptors (Lipinski definition) is 7. The molecule has 3 rings (SSSR count). The number of benzene rings is 2. The summed E-state index contributed by atoms with van der Waals surface area (Å²) in [5, 5.41) is 1.97. The highest BCUT2D eigenvalue weighted by Crippen LogP contribution is 2.28. The van der Waals surface area contributed by atoms with Crippen LogP contribution in [0.1, 0.15) is 29.3 Å². The van der Waals surface area contributed by atoms with Crippen molar-refractivity contribution in [1.82, 2.24) is 9.21 Å². The zero-order chi connectivity index (χ0) is 28.3. The van der Waals surface area contributed by atoms with Crippen LogP contribution < -0.4 is 9.47 Å². The van der Waals surface area contributed by atoms with E-state index in [4.69, 9.17) is 14.2 Å². The Kier molecular flexibility index (Phi) is 11.8. The highest BCUT2D eigenvalue weighted by atomic mass is 32.2. The largest absolute Gasteiger partial charge is 0.493 e. The lowest BCUT2D eigenvalue weighted by atomic mass is 10.1. The zero-order valence-electron chi connectivity index (χ0n) is 23.1. The molecule has 212 valence electrons. The summed E-state index contributed by atoms with van der Waals surface area (Å²) in [5.41, 5.74) is 1.95. The van der Waals surface area contributed by atoms with Gasteiger partial charge in [0.2, 0.25) is 15.9 Å². The molecule has 8 nitrogen and oxygen atoms in total. The molecule has 1 heterocycles. The summed E-state index contributed by atoms with van der Waals surface area (Å²) < 4.78 is 44.6. The van der Waals surface area contributed by atoms with Gasteiger partial charge in [-0.1, -0.05) is 29.8 Å². The van der Waals surface area contributed by atoms with Gasteiger partial charge in [0.15, 0.2) is 11.5 Å². The van der Waals surface area contributed by atoms with E-state index in [-0.39, 0.29) is 23.9 Å². The van der Waals surface area contributed by atoms with Crippen LogP contribution >= 0.6 is 11.3 Å². The number of carbonyl (C=O) groups is 1. The van der Waals surface area contributed by atoms with Crippen LogP contribution in [0.5, 0.6) is 11.5 Å². The Morgan fingerprint density at radius 2 is 1.72 bits per heavy atom. The molecule has 0 atom stereocenters. The minimum atomic E-state index is -3.88. The average molecular weight is 575 g/mol. The average Bonchev–Trinajstić information content (AvgIpc) is 3.45. The molecule has 2 aromatic carbocycles. The van der Waals surface area contributed by atoms with E-state index in [0.29, 0.717) is 50.6 Å². The maximum Gasteiger partial charge on any atom is 0.243 e. The van der Waals surface area contributed by atoms with Gasteiger partial charge in [0.05, 0.1) is 32.2 Å². The van der Waals surface area contributed by atoms with E-state index in [1.165, 1.54) is 4.31 Å². The quantitative estimate of drug-likeness (QED) is 0.229. The number of amides is 1. The van der Waals surface area contributed by atoms with Gasteiger partial charge in [0, 0.05) is 31.2 Å². The van der Waals surface area contributed by atoms with Crippen LogP contribution in [0.25, 0.3) is 0 Å². The Balaban J connectivity index is 1.81. The summed E-state index contributed by atoms with van der Waals surface area (Å²) in [5.74, 6) is 1.00. The molecule has 0 aliphatic heterocycles. The highest BCUT2D eigenvalue weighted by Gasteiger charge is 2.28. The lowest BCUT2D eigenvalue weighted by molar-refractivity contribution is -0.132. The standard InChI is InChI=1S/C29H38N2O6S2/c1-5-37-18-7-16-31(39(33,34)26-12-9-23(2)10-13-26)22-29(32)30(21-25-8-6-19-38-25)17-15-24-11-14-27(35-3)28(20-24)36-4/h6,8-14,19-20H,5,7,15-18,21-22H2,1-4H3. The summed E-state index contributed by atoms with van der Waals surface area (Å²) in [6.45, 7) is 5.53. The van der Waals surface area contributed by atoms with Gasteiger partial charge in [-0.2, -0.15) is 4.31 Å². The van der Waals surface area contributed by atoms with E-state index in [0.717, 1.165) is 16.0 Å². The number of rotatable bonds is 16. The Labute approximate surface area is 236 Å². The number of aryl methyl sites for hydroxylation is 1. The number of sulfonamides is 1. The maximum absolute atomic E-state index is 13.7. The second kappa shape index (κ2) is 15.0. The van der Waals surface area contributed by atoms with Gasteiger partial charge in [-0.05, 0) is 68.0 Å². The highest BCUT2D eigenvalue weighted by molar-refractivity contribution is 7.89. The molecule has 39 heavy (non-hydrogen) atoms. The molecule has 0 unspecified atom stereocenters. The molecule has 0 saturated carbocycles. The molecule has 1 aromatic heterocycles. The molecule has 0 radical (unpaired) electrons. The minimum Gasteiger partial charge on any atom is -0.493 e. The molecule has 1 amide bonds. The Morgan fingerprint density at radius 1 is 0.974 bits per heavy atom. The van der Waals surface area contributed by atoms with Gasteiger partial charge in [0.25, 0.3) is 0 Å². The number of nitrogens with zero attached hydrogens (tertiary/aromatic N) is 2. The topological polar surface area (TPSA) is 85.4 Å². The smallest absolute Gasteiger partial charge is 0.243 e. The fourth-order valence-electron chi connectivity index (χ4n) is 4.06. The molecular weight excluding hydrogens is 536 g/mol. The minimum absolute atomic E-state index is 0.174. The summed E-state index contributed by atoms with van der Waals surface area (Å²) >= 11 is 1.56. The van der Waals surface area contributed by atoms with E-state index in [1.54, 1.807) is 54.7 Å². The van der Waals surface area contributed by atoms with Gasteiger partial charge >= 0.3 is 0 Å². The van der Waals surface area contributed by atoms with E-state index in [2.05, 4.69) is 0 Å². The third kappa shape index (κ3) is 8.79. The molecular formula is C29H38N2O6S2. The molecule has 0 fully saturated rings. The summed E-state index contributed by atoms with van der Waals surface area (Å²) in [6, 6.07) is 16.3. The first kappa shape index (κ1) is 30.6. The number of thiophene rings is 1. The van der Waals surface area contributed by atoms with E-state index >= 15 is 0 Å². The van der Waals surface area contributed by atoms with Crippen LogP contribution in [-0.4, -0.2) is 70.6 Å². The predicted octanol–water partition coefficient (Wildman–Crippen LogP) is 4.76. The lowest BCUT2D eigenvalue weighted by Crippen LogP contribution is -2.43. The van der Waals surface area contributed by atoms with Crippen molar-refractivity contribution in [3.8, 4) is 11.5 Å². The summed E-state index contributed by atoms with van der Waals surface area (Å²) in [4.78, 5) is 16.6. The molecule has 0 spiro atoms. The number of carbonyl (C=O) groups excluding carboxylic acids is 1. The third-order valence-electron chi connectivity index (χ3n) is 6.27. The van der Waals surface area contributed by atoms with Crippen molar-refractivity contribution in [2.24, 2.45) is 0 Å². The van der Waals surface area contributed by atoms with Gasteiger partial charge in [-0.3, -0.25) is 4.79 Å². The van der Waals surface area contributed by atoms with Crippen LogP contribution in [0.4, 0.5) is 0 Å². The SMILES string of the molecule is CCOCCCN(CC(=O)N(CCc1ccc(OC)c(OC)c1)Cc1cccs1)S(=O)(=O)c1ccc(C)cc1. The van der Waals surface area contributed by atoms with Gasteiger partial charge in [0.1, 0.15) is 0 Å². The number of methoxy groups -OCH3 is 2. The van der Waals surface area contributed by atoms with E-state index < -0.39 is 10.0 Å². The van der Waals surface area contributed by atoms with Crippen molar-refractivity contribution in [2.75, 3.05) is 47.1 Å². The molecule has 0 aliphatic carbocycles. The number of hydrogen-bond donors (Lipinski definition) is 0. The van der Waals surface area contributed by atoms with Crippen molar-refractivity contribution in [3.05, 3.63) is 76.0 Å². The number of ether oxygens (including phenoxy) is 3. The lowest BCUT2D eigenvalue weighted by Gasteiger charge is -2.27. The second-order valence-electron chi connectivity index (χ2n) is 9.04. The Morgan fingerprint density at radius 3 is 2.36 bits per heavy atom. The van der Waals surface area contributed by atoms with Crippen LogP contribution in [-0.2, 0) is 32.5 Å².